The molecule has 1 N–H and O–H groups in total. The summed E-state index contributed by atoms with van der Waals surface area (Å²) >= 11 is 0. The van der Waals surface area contributed by atoms with Gasteiger partial charge in [-0.05, 0) is 55.2 Å². The molecule has 1 aliphatic rings. The van der Waals surface area contributed by atoms with Crippen molar-refractivity contribution in [3.05, 3.63) is 59.7 Å². The number of hydrogen-bond donors (Lipinski definition) is 1. The molecule has 1 atom stereocenters. The fraction of sp³-hybridized carbons (Fsp3) is 0.462. The fourth-order valence-corrected chi connectivity index (χ4v) is 4.14. The Morgan fingerprint density at radius 1 is 0.969 bits per heavy atom. The van der Waals surface area contributed by atoms with Gasteiger partial charge in [0.05, 0.1) is 20.6 Å². The highest BCUT2D eigenvalue weighted by Crippen LogP contribution is 2.20. The predicted molar refractivity (Wildman–Crippen MR) is 125 cm³/mol. The molecule has 2 aromatic rings. The van der Waals surface area contributed by atoms with Gasteiger partial charge in [0, 0.05) is 12.6 Å². The lowest BCUT2D eigenvalue weighted by atomic mass is 9.95. The van der Waals surface area contributed by atoms with Crippen LogP contribution in [0.3, 0.4) is 0 Å². The Morgan fingerprint density at radius 3 is 2.31 bits per heavy atom. The molecule has 0 bridgehead atoms. The molecule has 3 rings (SSSR count). The molecular weight excluding hydrogens is 404 g/mol. The number of amides is 2. The van der Waals surface area contributed by atoms with Crippen LogP contribution in [0.25, 0.3) is 0 Å². The zero-order valence-corrected chi connectivity index (χ0v) is 19.3. The summed E-state index contributed by atoms with van der Waals surface area (Å²) in [5.41, 5.74) is 1.80. The second kappa shape index (κ2) is 11.6. The summed E-state index contributed by atoms with van der Waals surface area (Å²) in [6.45, 7) is 2.15. The van der Waals surface area contributed by atoms with Gasteiger partial charge in [0.15, 0.2) is 0 Å². The second-order valence-corrected chi connectivity index (χ2v) is 8.42. The molecule has 32 heavy (non-hydrogen) atoms. The lowest BCUT2D eigenvalue weighted by molar-refractivity contribution is -0.140. The van der Waals surface area contributed by atoms with Crippen LogP contribution < -0.4 is 14.8 Å². The number of hydrogen-bond acceptors (Lipinski definition) is 4. The first-order valence-electron chi connectivity index (χ1n) is 11.4. The first-order valence-corrected chi connectivity index (χ1v) is 11.4. The first kappa shape index (κ1) is 23.6. The average Bonchev–Trinajstić information content (AvgIpc) is 2.83. The van der Waals surface area contributed by atoms with Crippen LogP contribution >= 0.6 is 0 Å². The molecule has 172 valence electrons. The lowest BCUT2D eigenvalue weighted by Gasteiger charge is -2.31. The third-order valence-electron chi connectivity index (χ3n) is 6.12. The minimum Gasteiger partial charge on any atom is -0.497 e. The van der Waals surface area contributed by atoms with Crippen LogP contribution in [-0.2, 0) is 22.6 Å². The van der Waals surface area contributed by atoms with Gasteiger partial charge in [-0.15, -0.1) is 0 Å². The Morgan fingerprint density at radius 2 is 1.66 bits per heavy atom. The summed E-state index contributed by atoms with van der Waals surface area (Å²) in [5, 5.41) is 3.17. The third-order valence-corrected chi connectivity index (χ3v) is 6.12. The number of ether oxygens (including phenoxy) is 2. The van der Waals surface area contributed by atoms with Gasteiger partial charge in [0.2, 0.25) is 11.8 Å². The largest absolute Gasteiger partial charge is 0.497 e. The van der Waals surface area contributed by atoms with Crippen molar-refractivity contribution >= 4 is 11.8 Å². The molecule has 2 aromatic carbocycles. The van der Waals surface area contributed by atoms with Crippen LogP contribution in [0, 0.1) is 0 Å². The molecule has 1 fully saturated rings. The highest BCUT2D eigenvalue weighted by atomic mass is 16.5. The van der Waals surface area contributed by atoms with E-state index in [4.69, 9.17) is 9.47 Å². The summed E-state index contributed by atoms with van der Waals surface area (Å²) in [5.74, 6) is 1.28. The fourth-order valence-electron chi connectivity index (χ4n) is 4.14. The van der Waals surface area contributed by atoms with Crippen LogP contribution in [-0.4, -0.2) is 43.0 Å². The van der Waals surface area contributed by atoms with Gasteiger partial charge in [-0.25, -0.2) is 0 Å². The molecule has 1 aliphatic carbocycles. The normalized spacial score (nSPS) is 15.0. The van der Waals surface area contributed by atoms with Crippen molar-refractivity contribution in [1.82, 2.24) is 10.2 Å². The van der Waals surface area contributed by atoms with Crippen molar-refractivity contribution in [1.29, 1.82) is 0 Å². The highest BCUT2D eigenvalue weighted by Gasteiger charge is 2.28. The van der Waals surface area contributed by atoms with E-state index in [1.54, 1.807) is 19.1 Å². The van der Waals surface area contributed by atoms with Crippen LogP contribution in [0.15, 0.2) is 48.5 Å². The number of carbonyl (C=O) groups is 2. The Labute approximate surface area is 190 Å². The summed E-state index contributed by atoms with van der Waals surface area (Å²) in [4.78, 5) is 28.1. The van der Waals surface area contributed by atoms with E-state index < -0.39 is 6.04 Å². The van der Waals surface area contributed by atoms with Crippen molar-refractivity contribution in [3.63, 3.8) is 0 Å². The van der Waals surface area contributed by atoms with E-state index in [9.17, 15) is 9.59 Å². The first-order chi connectivity index (χ1) is 15.5. The van der Waals surface area contributed by atoms with Crippen LogP contribution in [0.5, 0.6) is 11.5 Å². The van der Waals surface area contributed by atoms with Gasteiger partial charge in [-0.3, -0.25) is 9.59 Å². The molecule has 6 heteroatoms. The molecule has 0 aliphatic heterocycles. The Bertz CT molecular complexity index is 891. The van der Waals surface area contributed by atoms with E-state index >= 15 is 0 Å². The maximum atomic E-state index is 13.3. The van der Waals surface area contributed by atoms with E-state index in [2.05, 4.69) is 5.32 Å². The van der Waals surface area contributed by atoms with E-state index in [1.165, 1.54) is 6.42 Å². The van der Waals surface area contributed by atoms with Crippen LogP contribution in [0.4, 0.5) is 0 Å². The Kier molecular flexibility index (Phi) is 8.54. The maximum Gasteiger partial charge on any atom is 0.242 e. The average molecular weight is 439 g/mol. The highest BCUT2D eigenvalue weighted by molar-refractivity contribution is 5.88. The summed E-state index contributed by atoms with van der Waals surface area (Å²) in [7, 11) is 3.23. The van der Waals surface area contributed by atoms with Gasteiger partial charge in [0.25, 0.3) is 0 Å². The monoisotopic (exact) mass is 438 g/mol. The topological polar surface area (TPSA) is 67.9 Å². The van der Waals surface area contributed by atoms with Gasteiger partial charge in [0.1, 0.15) is 17.5 Å². The van der Waals surface area contributed by atoms with E-state index in [0.29, 0.717) is 6.54 Å². The molecular formula is C26H34N2O4. The number of nitrogens with one attached hydrogen (secondary N) is 1. The number of carbonyl (C=O) groups excluding carboxylic acids is 2. The van der Waals surface area contributed by atoms with Crippen LogP contribution in [0.2, 0.25) is 0 Å². The zero-order valence-electron chi connectivity index (χ0n) is 19.3. The molecule has 2 amide bonds. The number of methoxy groups -OCH3 is 2. The zero-order chi connectivity index (χ0) is 22.9. The van der Waals surface area contributed by atoms with Crippen molar-refractivity contribution in [2.24, 2.45) is 0 Å². The standard InChI is InChI=1S/C26H34N2O4/c1-19(26(30)27-22-9-5-4-6-10-22)28(18-21-8-7-11-24(16-21)32-3)25(29)17-20-12-14-23(31-2)15-13-20/h7-8,11-16,19,22H,4-6,9-10,17-18H2,1-3H3,(H,27,30)/t19-/m1/s1. The van der Waals surface area contributed by atoms with Gasteiger partial charge in [-0.1, -0.05) is 43.5 Å². The second-order valence-electron chi connectivity index (χ2n) is 8.42. The summed E-state index contributed by atoms with van der Waals surface area (Å²) < 4.78 is 10.5. The van der Waals surface area contributed by atoms with E-state index in [-0.39, 0.29) is 24.3 Å². The third kappa shape index (κ3) is 6.49. The van der Waals surface area contributed by atoms with Crippen LogP contribution in [0.1, 0.15) is 50.2 Å². The Hall–Kier alpha value is -3.02. The molecule has 0 saturated heterocycles. The summed E-state index contributed by atoms with van der Waals surface area (Å²) in [6.07, 6.45) is 5.74. The van der Waals surface area contributed by atoms with Crippen molar-refractivity contribution < 1.29 is 19.1 Å². The number of rotatable bonds is 9. The quantitative estimate of drug-likeness (QED) is 0.640. The molecule has 0 heterocycles. The molecule has 0 unspecified atom stereocenters. The van der Waals surface area contributed by atoms with Crippen molar-refractivity contribution in [3.8, 4) is 11.5 Å². The predicted octanol–water partition coefficient (Wildman–Crippen LogP) is 4.11. The van der Waals surface area contributed by atoms with E-state index in [0.717, 1.165) is 48.3 Å². The molecule has 1 saturated carbocycles. The molecule has 6 nitrogen and oxygen atoms in total. The van der Waals surface area contributed by atoms with Crippen molar-refractivity contribution in [2.75, 3.05) is 14.2 Å². The molecule has 0 radical (unpaired) electrons. The Balaban J connectivity index is 1.76. The van der Waals surface area contributed by atoms with E-state index in [1.807, 2.05) is 55.5 Å². The summed E-state index contributed by atoms with van der Waals surface area (Å²) in [6, 6.07) is 14.7. The molecule has 0 aromatic heterocycles. The smallest absolute Gasteiger partial charge is 0.242 e. The maximum absolute atomic E-state index is 13.3. The SMILES string of the molecule is COc1ccc(CC(=O)N(Cc2cccc(OC)c2)[C@H](C)C(=O)NC2CCCCC2)cc1. The van der Waals surface area contributed by atoms with Gasteiger partial charge in [-0.2, -0.15) is 0 Å². The number of benzene rings is 2. The lowest BCUT2D eigenvalue weighted by Crippen LogP contribution is -2.50. The number of nitrogens with zero attached hydrogens (tertiary/aromatic N) is 1. The van der Waals surface area contributed by atoms with Gasteiger partial charge >= 0.3 is 0 Å². The minimum atomic E-state index is -0.575. The molecule has 0 spiro atoms. The van der Waals surface area contributed by atoms with Crippen molar-refractivity contribution in [2.45, 2.75) is 64.1 Å². The minimum absolute atomic E-state index is 0.0933. The van der Waals surface area contributed by atoms with Gasteiger partial charge < -0.3 is 19.7 Å².